The first kappa shape index (κ1) is 14.2. The second-order valence-electron chi connectivity index (χ2n) is 5.39. The molecule has 0 radical (unpaired) electrons. The van der Waals surface area contributed by atoms with Gasteiger partial charge in [0, 0.05) is 31.5 Å². The SMILES string of the molecule is COCCN(Cc1nc(C)cc(N)n1)C(C)C1CC1. The lowest BCUT2D eigenvalue weighted by molar-refractivity contribution is 0.109. The van der Waals surface area contributed by atoms with Crippen molar-refractivity contribution in [2.75, 3.05) is 26.0 Å². The van der Waals surface area contributed by atoms with Crippen LogP contribution in [0.5, 0.6) is 0 Å². The molecule has 1 aromatic rings. The molecular formula is C14H24N4O. The maximum atomic E-state index is 5.79. The summed E-state index contributed by atoms with van der Waals surface area (Å²) in [6.45, 7) is 6.62. The van der Waals surface area contributed by atoms with Gasteiger partial charge in [-0.3, -0.25) is 4.90 Å². The van der Waals surface area contributed by atoms with Gasteiger partial charge in [-0.05, 0) is 32.6 Å². The van der Waals surface area contributed by atoms with Crippen LogP contribution in [0.2, 0.25) is 0 Å². The molecule has 0 saturated heterocycles. The number of hydrogen-bond donors (Lipinski definition) is 1. The summed E-state index contributed by atoms with van der Waals surface area (Å²) in [5.74, 6) is 2.17. The zero-order valence-electron chi connectivity index (χ0n) is 12.1. The van der Waals surface area contributed by atoms with Crippen molar-refractivity contribution in [3.63, 3.8) is 0 Å². The molecule has 0 spiro atoms. The van der Waals surface area contributed by atoms with Crippen molar-refractivity contribution in [1.82, 2.24) is 14.9 Å². The van der Waals surface area contributed by atoms with Crippen LogP contribution in [0.15, 0.2) is 6.07 Å². The molecule has 19 heavy (non-hydrogen) atoms. The maximum Gasteiger partial charge on any atom is 0.144 e. The summed E-state index contributed by atoms with van der Waals surface area (Å²) in [7, 11) is 1.74. The van der Waals surface area contributed by atoms with Gasteiger partial charge >= 0.3 is 0 Å². The van der Waals surface area contributed by atoms with Gasteiger partial charge in [0.25, 0.3) is 0 Å². The van der Waals surface area contributed by atoms with Crippen molar-refractivity contribution in [2.45, 2.75) is 39.3 Å². The van der Waals surface area contributed by atoms with Crippen LogP contribution < -0.4 is 5.73 Å². The van der Waals surface area contributed by atoms with E-state index in [4.69, 9.17) is 10.5 Å². The van der Waals surface area contributed by atoms with Crippen molar-refractivity contribution in [3.8, 4) is 0 Å². The summed E-state index contributed by atoms with van der Waals surface area (Å²) in [5.41, 5.74) is 6.71. The van der Waals surface area contributed by atoms with Gasteiger partial charge in [0.2, 0.25) is 0 Å². The number of anilines is 1. The van der Waals surface area contributed by atoms with Crippen LogP contribution >= 0.6 is 0 Å². The lowest BCUT2D eigenvalue weighted by Gasteiger charge is -2.28. The van der Waals surface area contributed by atoms with Crippen molar-refractivity contribution in [3.05, 3.63) is 17.6 Å². The molecule has 5 nitrogen and oxygen atoms in total. The van der Waals surface area contributed by atoms with Gasteiger partial charge in [-0.1, -0.05) is 0 Å². The van der Waals surface area contributed by atoms with Gasteiger partial charge in [-0.2, -0.15) is 0 Å². The first-order valence-corrected chi connectivity index (χ1v) is 6.93. The fourth-order valence-corrected chi connectivity index (χ4v) is 2.42. The third kappa shape index (κ3) is 4.14. The van der Waals surface area contributed by atoms with Crippen LogP contribution in [0.4, 0.5) is 5.82 Å². The van der Waals surface area contributed by atoms with Gasteiger partial charge in [-0.15, -0.1) is 0 Å². The number of ether oxygens (including phenoxy) is 1. The Bertz CT molecular complexity index is 400. The smallest absolute Gasteiger partial charge is 0.144 e. The van der Waals surface area contributed by atoms with Gasteiger partial charge in [0.05, 0.1) is 13.2 Å². The molecule has 1 saturated carbocycles. The zero-order chi connectivity index (χ0) is 13.8. The van der Waals surface area contributed by atoms with E-state index in [-0.39, 0.29) is 0 Å². The molecule has 1 aliphatic carbocycles. The summed E-state index contributed by atoms with van der Waals surface area (Å²) in [5, 5.41) is 0. The molecule has 2 N–H and O–H groups in total. The Morgan fingerprint density at radius 1 is 1.47 bits per heavy atom. The number of aromatic nitrogens is 2. The van der Waals surface area contributed by atoms with E-state index in [0.29, 0.717) is 11.9 Å². The number of nitrogens with zero attached hydrogens (tertiary/aromatic N) is 3. The van der Waals surface area contributed by atoms with Gasteiger partial charge in [-0.25, -0.2) is 9.97 Å². The molecule has 5 heteroatoms. The van der Waals surface area contributed by atoms with Gasteiger partial charge in [0.15, 0.2) is 0 Å². The minimum absolute atomic E-state index is 0.549. The highest BCUT2D eigenvalue weighted by Gasteiger charge is 2.32. The second kappa shape index (κ2) is 6.30. The van der Waals surface area contributed by atoms with E-state index in [0.717, 1.165) is 37.1 Å². The Hall–Kier alpha value is -1.20. The zero-order valence-corrected chi connectivity index (χ0v) is 12.1. The standard InChI is InChI=1S/C14H24N4O/c1-10-8-13(15)17-14(16-10)9-18(6-7-19-3)11(2)12-4-5-12/h8,11-12H,4-7,9H2,1-3H3,(H2,15,16,17). The number of hydrogen-bond acceptors (Lipinski definition) is 5. The van der Waals surface area contributed by atoms with E-state index in [1.54, 1.807) is 13.2 Å². The highest BCUT2D eigenvalue weighted by molar-refractivity contribution is 5.29. The van der Waals surface area contributed by atoms with Crippen LogP contribution in [0.25, 0.3) is 0 Å². The molecule has 106 valence electrons. The molecule has 1 aromatic heterocycles. The lowest BCUT2D eigenvalue weighted by atomic mass is 10.2. The average Bonchev–Trinajstić information content (AvgIpc) is 3.16. The topological polar surface area (TPSA) is 64.3 Å². The summed E-state index contributed by atoms with van der Waals surface area (Å²) in [6, 6.07) is 2.35. The van der Waals surface area contributed by atoms with Crippen molar-refractivity contribution in [1.29, 1.82) is 0 Å². The Balaban J connectivity index is 2.04. The Kier molecular flexibility index (Phi) is 4.71. The Morgan fingerprint density at radius 3 is 2.79 bits per heavy atom. The molecule has 1 heterocycles. The fraction of sp³-hybridized carbons (Fsp3) is 0.714. The predicted molar refractivity (Wildman–Crippen MR) is 75.7 cm³/mol. The molecule has 0 aliphatic heterocycles. The number of methoxy groups -OCH3 is 1. The first-order valence-electron chi connectivity index (χ1n) is 6.93. The number of nitrogen functional groups attached to an aromatic ring is 1. The number of nitrogens with two attached hydrogens (primary N) is 1. The summed E-state index contributed by atoms with van der Waals surface area (Å²) in [6.07, 6.45) is 2.67. The van der Waals surface area contributed by atoms with E-state index in [2.05, 4.69) is 21.8 Å². The van der Waals surface area contributed by atoms with Crippen LogP contribution in [-0.2, 0) is 11.3 Å². The summed E-state index contributed by atoms with van der Waals surface area (Å²) in [4.78, 5) is 11.2. The van der Waals surface area contributed by atoms with E-state index in [1.165, 1.54) is 12.8 Å². The monoisotopic (exact) mass is 264 g/mol. The highest BCUT2D eigenvalue weighted by Crippen LogP contribution is 2.35. The van der Waals surface area contributed by atoms with Crippen LogP contribution in [0.1, 0.15) is 31.3 Å². The summed E-state index contributed by atoms with van der Waals surface area (Å²) >= 11 is 0. The molecule has 1 unspecified atom stereocenters. The van der Waals surface area contributed by atoms with E-state index < -0.39 is 0 Å². The molecule has 1 atom stereocenters. The molecule has 0 amide bonds. The van der Waals surface area contributed by atoms with Gasteiger partial charge < -0.3 is 10.5 Å². The molecule has 2 rings (SSSR count). The van der Waals surface area contributed by atoms with Crippen molar-refractivity contribution >= 4 is 5.82 Å². The third-order valence-corrected chi connectivity index (χ3v) is 3.73. The van der Waals surface area contributed by atoms with E-state index >= 15 is 0 Å². The summed E-state index contributed by atoms with van der Waals surface area (Å²) < 4.78 is 5.20. The van der Waals surface area contributed by atoms with Crippen molar-refractivity contribution in [2.24, 2.45) is 5.92 Å². The molecule has 1 fully saturated rings. The first-order chi connectivity index (χ1) is 9.10. The predicted octanol–water partition coefficient (Wildman–Crippen LogP) is 1.61. The number of rotatable bonds is 7. The van der Waals surface area contributed by atoms with Crippen LogP contribution in [0.3, 0.4) is 0 Å². The third-order valence-electron chi connectivity index (χ3n) is 3.73. The largest absolute Gasteiger partial charge is 0.384 e. The van der Waals surface area contributed by atoms with E-state index in [9.17, 15) is 0 Å². The minimum atomic E-state index is 0.549. The quantitative estimate of drug-likeness (QED) is 0.810. The Labute approximate surface area is 115 Å². The van der Waals surface area contributed by atoms with Crippen molar-refractivity contribution < 1.29 is 4.74 Å². The highest BCUT2D eigenvalue weighted by atomic mass is 16.5. The maximum absolute atomic E-state index is 5.79. The second-order valence-corrected chi connectivity index (χ2v) is 5.39. The molecular weight excluding hydrogens is 240 g/mol. The minimum Gasteiger partial charge on any atom is -0.384 e. The fourth-order valence-electron chi connectivity index (χ4n) is 2.42. The van der Waals surface area contributed by atoms with Crippen LogP contribution in [-0.4, -0.2) is 41.2 Å². The molecule has 0 bridgehead atoms. The molecule has 1 aliphatic rings. The van der Waals surface area contributed by atoms with Gasteiger partial charge in [0.1, 0.15) is 11.6 Å². The number of aryl methyl sites for hydroxylation is 1. The normalized spacial score (nSPS) is 16.8. The molecule has 0 aromatic carbocycles. The average molecular weight is 264 g/mol. The van der Waals surface area contributed by atoms with Crippen LogP contribution in [0, 0.1) is 12.8 Å². The van der Waals surface area contributed by atoms with E-state index in [1.807, 2.05) is 6.92 Å². The Morgan fingerprint density at radius 2 is 2.21 bits per heavy atom. The lowest BCUT2D eigenvalue weighted by Crippen LogP contribution is -2.37.